The van der Waals surface area contributed by atoms with Crippen molar-refractivity contribution in [2.75, 3.05) is 19.8 Å². The third-order valence-electron chi connectivity index (χ3n) is 2.98. The largest absolute Gasteiger partial charge is 0.396 e. The number of hydrogen-bond donors (Lipinski definition) is 5. The molecule has 6 N–H and O–H groups in total. The first kappa shape index (κ1) is 21.0. The van der Waals surface area contributed by atoms with Crippen molar-refractivity contribution in [1.29, 1.82) is 0 Å². The number of rotatable bonds is 7. The highest BCUT2D eigenvalue weighted by molar-refractivity contribution is 5.92. The molecule has 1 atom stereocenters. The number of aliphatic hydroxyl groups excluding tert-OH is 3. The summed E-state index contributed by atoms with van der Waals surface area (Å²) in [4.78, 5) is 25.4. The SMILES string of the molecule is CC(C)(CO)[C@@H](O)C(=O)NCCCO.NC(=O)c1cccnc1. The second-order valence-corrected chi connectivity index (χ2v) is 5.52. The van der Waals surface area contributed by atoms with Crippen molar-refractivity contribution < 1.29 is 24.9 Å². The standard InChI is InChI=1S/C9H19NO4.C6H6N2O/c1-9(2,6-12)7(13)8(14)10-4-3-5-11;7-6(9)5-2-1-3-8-4-5/h7,11-13H,3-6H2,1-2H3,(H,10,14);1-4H,(H2,7,9)/t7-;/m0./s1. The minimum absolute atomic E-state index is 0.000230. The van der Waals surface area contributed by atoms with Gasteiger partial charge >= 0.3 is 0 Å². The number of carbonyl (C=O) groups excluding carboxylic acids is 2. The van der Waals surface area contributed by atoms with E-state index in [4.69, 9.17) is 15.9 Å². The Morgan fingerprint density at radius 1 is 1.39 bits per heavy atom. The molecule has 2 amide bonds. The number of carbonyl (C=O) groups is 2. The minimum atomic E-state index is -1.23. The topological polar surface area (TPSA) is 146 Å². The van der Waals surface area contributed by atoms with Gasteiger partial charge in [-0.25, -0.2) is 0 Å². The van der Waals surface area contributed by atoms with Crippen molar-refractivity contribution in [2.45, 2.75) is 26.4 Å². The Morgan fingerprint density at radius 3 is 2.43 bits per heavy atom. The summed E-state index contributed by atoms with van der Waals surface area (Å²) in [5.74, 6) is -0.958. The predicted octanol–water partition coefficient (Wildman–Crippen LogP) is -0.955. The number of nitrogens with one attached hydrogen (secondary N) is 1. The lowest BCUT2D eigenvalue weighted by molar-refractivity contribution is -0.137. The number of nitrogens with zero attached hydrogens (tertiary/aromatic N) is 1. The molecule has 0 spiro atoms. The van der Waals surface area contributed by atoms with Gasteiger partial charge in [-0.05, 0) is 18.6 Å². The molecule has 0 aliphatic heterocycles. The first-order valence-electron chi connectivity index (χ1n) is 7.13. The summed E-state index contributed by atoms with van der Waals surface area (Å²) in [6.07, 6.45) is 2.25. The van der Waals surface area contributed by atoms with Crippen molar-refractivity contribution >= 4 is 11.8 Å². The maximum atomic E-state index is 11.3. The van der Waals surface area contributed by atoms with Gasteiger partial charge in [0, 0.05) is 31.0 Å². The highest BCUT2D eigenvalue weighted by Gasteiger charge is 2.32. The molecule has 0 saturated carbocycles. The van der Waals surface area contributed by atoms with Crippen LogP contribution in [0.1, 0.15) is 30.6 Å². The third kappa shape index (κ3) is 8.24. The fourth-order valence-corrected chi connectivity index (χ4v) is 1.34. The van der Waals surface area contributed by atoms with E-state index in [9.17, 15) is 14.7 Å². The normalized spacial score (nSPS) is 11.9. The van der Waals surface area contributed by atoms with Crippen LogP contribution in [0, 0.1) is 5.41 Å². The summed E-state index contributed by atoms with van der Waals surface area (Å²) < 4.78 is 0. The van der Waals surface area contributed by atoms with Gasteiger partial charge in [-0.3, -0.25) is 14.6 Å². The van der Waals surface area contributed by atoms with Crippen molar-refractivity contribution in [2.24, 2.45) is 11.1 Å². The Hall–Kier alpha value is -2.03. The zero-order chi connectivity index (χ0) is 17.9. The number of aromatic nitrogens is 1. The number of aliphatic hydroxyl groups is 3. The van der Waals surface area contributed by atoms with Gasteiger partial charge in [0.1, 0.15) is 6.10 Å². The molecule has 1 aromatic rings. The number of pyridine rings is 1. The molecule has 23 heavy (non-hydrogen) atoms. The Bertz CT molecular complexity index is 479. The Morgan fingerprint density at radius 2 is 2.04 bits per heavy atom. The summed E-state index contributed by atoms with van der Waals surface area (Å²) in [5, 5.41) is 29.3. The van der Waals surface area contributed by atoms with Crippen LogP contribution in [0.3, 0.4) is 0 Å². The number of amides is 2. The average molecular weight is 327 g/mol. The first-order valence-corrected chi connectivity index (χ1v) is 7.13. The van der Waals surface area contributed by atoms with E-state index in [-0.39, 0.29) is 13.2 Å². The Labute approximate surface area is 135 Å². The lowest BCUT2D eigenvalue weighted by Gasteiger charge is -2.27. The second kappa shape index (κ2) is 10.7. The molecule has 8 heteroatoms. The molecule has 0 bridgehead atoms. The first-order chi connectivity index (χ1) is 10.8. The average Bonchev–Trinajstić information content (AvgIpc) is 2.55. The van der Waals surface area contributed by atoms with E-state index in [1.165, 1.54) is 6.20 Å². The maximum absolute atomic E-state index is 11.3. The van der Waals surface area contributed by atoms with Crippen LogP contribution in [0.15, 0.2) is 24.5 Å². The number of nitrogens with two attached hydrogens (primary N) is 1. The fourth-order valence-electron chi connectivity index (χ4n) is 1.34. The van der Waals surface area contributed by atoms with Crippen LogP contribution < -0.4 is 11.1 Å². The van der Waals surface area contributed by atoms with Crippen LogP contribution in [-0.2, 0) is 4.79 Å². The summed E-state index contributed by atoms with van der Waals surface area (Å²) >= 11 is 0. The van der Waals surface area contributed by atoms with Crippen LogP contribution >= 0.6 is 0 Å². The van der Waals surface area contributed by atoms with Crippen molar-refractivity contribution in [3.05, 3.63) is 30.1 Å². The molecule has 1 aromatic heterocycles. The van der Waals surface area contributed by atoms with E-state index in [1.54, 1.807) is 32.2 Å². The summed E-state index contributed by atoms with van der Waals surface area (Å²) in [5.41, 5.74) is 4.53. The van der Waals surface area contributed by atoms with Crippen LogP contribution in [0.4, 0.5) is 0 Å². The van der Waals surface area contributed by atoms with Crippen LogP contribution in [0.25, 0.3) is 0 Å². The molecule has 8 nitrogen and oxygen atoms in total. The van der Waals surface area contributed by atoms with E-state index in [0.29, 0.717) is 18.5 Å². The van der Waals surface area contributed by atoms with Crippen molar-refractivity contribution in [1.82, 2.24) is 10.3 Å². The summed E-state index contributed by atoms with van der Waals surface area (Å²) in [7, 11) is 0. The van der Waals surface area contributed by atoms with Gasteiger partial charge in [0.15, 0.2) is 0 Å². The molecular formula is C15H25N3O5. The third-order valence-corrected chi connectivity index (χ3v) is 2.98. The second-order valence-electron chi connectivity index (χ2n) is 5.52. The van der Waals surface area contributed by atoms with Gasteiger partial charge in [-0.1, -0.05) is 13.8 Å². The lowest BCUT2D eigenvalue weighted by Crippen LogP contribution is -2.45. The molecule has 130 valence electrons. The van der Waals surface area contributed by atoms with Gasteiger partial charge in [0.2, 0.25) is 11.8 Å². The molecule has 0 fully saturated rings. The van der Waals surface area contributed by atoms with Crippen LogP contribution in [-0.4, -0.2) is 58.0 Å². The molecule has 0 aromatic carbocycles. The van der Waals surface area contributed by atoms with Crippen LogP contribution in [0.5, 0.6) is 0 Å². The molecular weight excluding hydrogens is 302 g/mol. The molecule has 0 aliphatic carbocycles. The van der Waals surface area contributed by atoms with Gasteiger partial charge in [0.05, 0.1) is 12.2 Å². The van der Waals surface area contributed by atoms with E-state index in [1.807, 2.05) is 0 Å². The molecule has 0 saturated heterocycles. The number of hydrogen-bond acceptors (Lipinski definition) is 6. The zero-order valence-corrected chi connectivity index (χ0v) is 13.4. The Kier molecular flexibility index (Phi) is 9.71. The summed E-state index contributed by atoms with van der Waals surface area (Å²) in [6.45, 7) is 3.27. The van der Waals surface area contributed by atoms with E-state index < -0.39 is 23.3 Å². The maximum Gasteiger partial charge on any atom is 0.250 e. The predicted molar refractivity (Wildman–Crippen MR) is 84.3 cm³/mol. The zero-order valence-electron chi connectivity index (χ0n) is 13.4. The highest BCUT2D eigenvalue weighted by atomic mass is 16.3. The van der Waals surface area contributed by atoms with Gasteiger partial charge in [0.25, 0.3) is 0 Å². The highest BCUT2D eigenvalue weighted by Crippen LogP contribution is 2.19. The molecule has 0 radical (unpaired) electrons. The van der Waals surface area contributed by atoms with Gasteiger partial charge in [-0.2, -0.15) is 0 Å². The monoisotopic (exact) mass is 327 g/mol. The molecule has 0 aliphatic rings. The van der Waals surface area contributed by atoms with Gasteiger partial charge < -0.3 is 26.4 Å². The Balaban J connectivity index is 0.000000459. The fraction of sp³-hybridized carbons (Fsp3) is 0.533. The molecule has 1 rings (SSSR count). The lowest BCUT2D eigenvalue weighted by atomic mass is 9.87. The molecule has 0 unspecified atom stereocenters. The van der Waals surface area contributed by atoms with Crippen molar-refractivity contribution in [3.8, 4) is 0 Å². The van der Waals surface area contributed by atoms with Crippen LogP contribution in [0.2, 0.25) is 0 Å². The van der Waals surface area contributed by atoms with E-state index in [2.05, 4.69) is 10.3 Å². The van der Waals surface area contributed by atoms with E-state index in [0.717, 1.165) is 0 Å². The quantitative estimate of drug-likeness (QED) is 0.408. The number of primary amides is 1. The van der Waals surface area contributed by atoms with E-state index >= 15 is 0 Å². The molecule has 1 heterocycles. The smallest absolute Gasteiger partial charge is 0.250 e. The summed E-state index contributed by atoms with van der Waals surface area (Å²) in [6, 6.07) is 3.29. The minimum Gasteiger partial charge on any atom is -0.396 e. The van der Waals surface area contributed by atoms with Crippen molar-refractivity contribution in [3.63, 3.8) is 0 Å². The van der Waals surface area contributed by atoms with Gasteiger partial charge in [-0.15, -0.1) is 0 Å².